The van der Waals surface area contributed by atoms with Crippen LogP contribution in [0.2, 0.25) is 0 Å². The van der Waals surface area contributed by atoms with Gasteiger partial charge in [0.1, 0.15) is 11.9 Å². The third kappa shape index (κ3) is 7.28. The largest absolute Gasteiger partial charge is 0.458 e. The topological polar surface area (TPSA) is 99.7 Å². The molecule has 8 atom stereocenters. The number of hydrogen-bond acceptors (Lipinski definition) is 8. The van der Waals surface area contributed by atoms with Crippen molar-refractivity contribution in [3.05, 3.63) is 21.7 Å². The van der Waals surface area contributed by atoms with Crippen molar-refractivity contribution in [1.82, 2.24) is 9.88 Å². The summed E-state index contributed by atoms with van der Waals surface area (Å²) in [4.78, 5) is 33.3. The van der Waals surface area contributed by atoms with Gasteiger partial charge in [0.05, 0.1) is 35.2 Å². The van der Waals surface area contributed by atoms with E-state index in [0.717, 1.165) is 35.5 Å². The molecular weight excluding hydrogens is 488 g/mol. The van der Waals surface area contributed by atoms with Gasteiger partial charge < -0.3 is 14.9 Å². The number of esters is 1. The van der Waals surface area contributed by atoms with Crippen LogP contribution in [0, 0.1) is 30.1 Å². The van der Waals surface area contributed by atoms with Gasteiger partial charge in [0, 0.05) is 36.3 Å². The zero-order valence-corrected chi connectivity index (χ0v) is 24.4. The predicted molar refractivity (Wildman–Crippen MR) is 147 cm³/mol. The number of aromatic nitrogens is 1. The number of hydrogen-bond donors (Lipinski definition) is 2. The molecule has 0 amide bonds. The van der Waals surface area contributed by atoms with Crippen LogP contribution in [0.25, 0.3) is 6.08 Å². The van der Waals surface area contributed by atoms with E-state index in [2.05, 4.69) is 23.7 Å². The fraction of sp³-hybridized carbons (Fsp3) is 0.759. The number of Topliss-reactive ketones (excluding diaryl/α,β-unsaturated/α-hetero) is 1. The monoisotopic (exact) mass is 534 g/mol. The first kappa shape index (κ1) is 29.9. The predicted octanol–water partition coefficient (Wildman–Crippen LogP) is 4.64. The van der Waals surface area contributed by atoms with Crippen LogP contribution in [0.15, 0.2) is 11.0 Å². The number of thiazole rings is 1. The molecule has 0 bridgehead atoms. The van der Waals surface area contributed by atoms with Crippen LogP contribution in [-0.4, -0.2) is 69.3 Å². The number of ether oxygens (including phenoxy) is 1. The zero-order chi connectivity index (χ0) is 27.5. The number of fused-ring (bicyclic) bond motifs is 1. The van der Waals surface area contributed by atoms with Gasteiger partial charge >= 0.3 is 5.97 Å². The minimum Gasteiger partial charge on any atom is -0.458 e. The maximum atomic E-state index is 13.4. The third-order valence-electron chi connectivity index (χ3n) is 8.90. The van der Waals surface area contributed by atoms with Gasteiger partial charge in [0.2, 0.25) is 0 Å². The highest BCUT2D eigenvalue weighted by molar-refractivity contribution is 7.09. The summed E-state index contributed by atoms with van der Waals surface area (Å²) in [6.45, 7) is 14.4. The maximum Gasteiger partial charge on any atom is 0.309 e. The third-order valence-corrected chi connectivity index (χ3v) is 9.69. The lowest BCUT2D eigenvalue weighted by atomic mass is 9.70. The second-order valence-corrected chi connectivity index (χ2v) is 12.9. The number of aryl methyl sites for hydroxylation is 1. The van der Waals surface area contributed by atoms with Crippen molar-refractivity contribution < 1.29 is 24.5 Å². The Bertz CT molecular complexity index is 973. The van der Waals surface area contributed by atoms with Gasteiger partial charge in [-0.05, 0) is 43.8 Å². The summed E-state index contributed by atoms with van der Waals surface area (Å²) < 4.78 is 5.99. The maximum absolute atomic E-state index is 13.4. The van der Waals surface area contributed by atoms with Crippen LogP contribution in [0.3, 0.4) is 0 Å². The van der Waals surface area contributed by atoms with E-state index >= 15 is 0 Å². The first-order valence-electron chi connectivity index (χ1n) is 13.8. The van der Waals surface area contributed by atoms with Crippen molar-refractivity contribution in [3.63, 3.8) is 0 Å². The van der Waals surface area contributed by atoms with Crippen molar-refractivity contribution in [2.24, 2.45) is 23.2 Å². The summed E-state index contributed by atoms with van der Waals surface area (Å²) in [5.41, 5.74) is 0.684. The van der Waals surface area contributed by atoms with Crippen molar-refractivity contribution in [1.29, 1.82) is 0 Å². The number of ketones is 1. The molecule has 1 aromatic rings. The molecular formula is C29H46N2O5S. The summed E-state index contributed by atoms with van der Waals surface area (Å²) in [7, 11) is 0. The molecule has 7 nitrogen and oxygen atoms in total. The van der Waals surface area contributed by atoms with Gasteiger partial charge in [-0.25, -0.2) is 4.98 Å². The van der Waals surface area contributed by atoms with Crippen LogP contribution >= 0.6 is 11.3 Å². The molecule has 0 radical (unpaired) electrons. The highest BCUT2D eigenvalue weighted by Gasteiger charge is 2.48. The van der Waals surface area contributed by atoms with E-state index in [1.165, 1.54) is 0 Å². The molecule has 37 heavy (non-hydrogen) atoms. The number of β-amino-alcohol motifs (C(OH)–C–C–N with tert-alkyl or cyclic N) is 1. The summed E-state index contributed by atoms with van der Waals surface area (Å²) in [6.07, 6.45) is 3.84. The SMILES string of the molecule is C/C(=C\c1csc(C)n1)[C@@H]1CC2[C@@H](CCC[C@H](C)[C@H](C)[C@@H](C)C(=O)C(C)(C)[C@@H](O)CC(=O)O1)[N@@]2CCO. The Morgan fingerprint density at radius 2 is 1.95 bits per heavy atom. The molecule has 2 aliphatic heterocycles. The Morgan fingerprint density at radius 1 is 1.24 bits per heavy atom. The lowest BCUT2D eigenvalue weighted by molar-refractivity contribution is -0.154. The fourth-order valence-electron chi connectivity index (χ4n) is 5.82. The molecule has 208 valence electrons. The number of rotatable bonds is 4. The van der Waals surface area contributed by atoms with E-state index in [1.54, 1.807) is 25.2 Å². The quantitative estimate of drug-likeness (QED) is 0.429. The van der Waals surface area contributed by atoms with E-state index in [0.29, 0.717) is 24.9 Å². The highest BCUT2D eigenvalue weighted by Crippen LogP contribution is 2.39. The Kier molecular flexibility index (Phi) is 10.1. The average Bonchev–Trinajstić information content (AvgIpc) is 3.29. The molecule has 2 fully saturated rings. The number of cyclic esters (lactones) is 1. The van der Waals surface area contributed by atoms with Gasteiger partial charge in [0.15, 0.2) is 0 Å². The molecule has 0 spiro atoms. The molecule has 2 aliphatic rings. The Balaban J connectivity index is 1.88. The molecule has 0 aromatic carbocycles. The Morgan fingerprint density at radius 3 is 2.57 bits per heavy atom. The van der Waals surface area contributed by atoms with Gasteiger partial charge in [-0.15, -0.1) is 11.3 Å². The summed E-state index contributed by atoms with van der Waals surface area (Å²) >= 11 is 1.57. The van der Waals surface area contributed by atoms with Crippen LogP contribution in [0.4, 0.5) is 0 Å². The number of aliphatic hydroxyl groups excluding tert-OH is 2. The average molecular weight is 535 g/mol. The summed E-state index contributed by atoms with van der Waals surface area (Å²) in [5, 5.41) is 23.6. The molecule has 3 rings (SSSR count). The molecule has 0 saturated carbocycles. The first-order valence-corrected chi connectivity index (χ1v) is 14.6. The molecule has 0 aliphatic carbocycles. The van der Waals surface area contributed by atoms with E-state index in [1.807, 2.05) is 32.2 Å². The van der Waals surface area contributed by atoms with E-state index in [4.69, 9.17) is 4.74 Å². The lowest BCUT2D eigenvalue weighted by Gasteiger charge is -2.35. The zero-order valence-electron chi connectivity index (χ0n) is 23.6. The van der Waals surface area contributed by atoms with Crippen LogP contribution in [0.5, 0.6) is 0 Å². The Hall–Kier alpha value is -1.61. The van der Waals surface area contributed by atoms with Crippen molar-refractivity contribution in [2.45, 2.75) is 105 Å². The summed E-state index contributed by atoms with van der Waals surface area (Å²) in [6, 6.07) is 0.578. The second kappa shape index (κ2) is 12.5. The van der Waals surface area contributed by atoms with Gasteiger partial charge in [0.25, 0.3) is 0 Å². The lowest BCUT2D eigenvalue weighted by Crippen LogP contribution is -2.44. The Labute approximate surface area is 226 Å². The fourth-order valence-corrected chi connectivity index (χ4v) is 6.39. The molecule has 2 saturated heterocycles. The normalized spacial score (nSPS) is 36.1. The molecule has 8 heteroatoms. The van der Waals surface area contributed by atoms with Crippen molar-refractivity contribution in [2.75, 3.05) is 13.2 Å². The molecule has 1 unspecified atom stereocenters. The van der Waals surface area contributed by atoms with Gasteiger partial charge in [-0.1, -0.05) is 47.5 Å². The first-order chi connectivity index (χ1) is 17.4. The van der Waals surface area contributed by atoms with E-state index in [-0.39, 0.29) is 36.7 Å². The van der Waals surface area contributed by atoms with Crippen LogP contribution in [0.1, 0.15) is 84.3 Å². The van der Waals surface area contributed by atoms with E-state index in [9.17, 15) is 19.8 Å². The van der Waals surface area contributed by atoms with Crippen LogP contribution < -0.4 is 0 Å². The van der Waals surface area contributed by atoms with E-state index < -0.39 is 23.6 Å². The second-order valence-electron chi connectivity index (χ2n) is 11.9. The van der Waals surface area contributed by atoms with Gasteiger partial charge in [-0.2, -0.15) is 0 Å². The number of carbonyl (C=O) groups is 2. The summed E-state index contributed by atoms with van der Waals surface area (Å²) in [5.74, 6) is -0.195. The van der Waals surface area contributed by atoms with Crippen molar-refractivity contribution in [3.8, 4) is 0 Å². The molecule has 2 N–H and O–H groups in total. The standard InChI is InChI=1S/C29H46N2O5S/c1-17-9-8-10-23-24(31(23)11-12-32)14-25(18(2)13-22-16-37-21(5)30-22)36-27(34)15-26(33)29(6,7)28(35)20(4)19(17)3/h13,16-17,19-20,23-26,32-33H,8-12,14-15H2,1-7H3/b18-13+/t17-,19-,20+,23+,24?,25-,26-,31+/m0/s1. The molecule has 1 aromatic heterocycles. The van der Waals surface area contributed by atoms with Gasteiger partial charge in [-0.3, -0.25) is 14.5 Å². The molecule has 3 heterocycles. The number of aliphatic hydroxyl groups is 2. The minimum atomic E-state index is -1.13. The van der Waals surface area contributed by atoms with Crippen LogP contribution in [-0.2, 0) is 14.3 Å². The number of nitrogens with zero attached hydrogens (tertiary/aromatic N) is 2. The van der Waals surface area contributed by atoms with Crippen molar-refractivity contribution >= 4 is 29.2 Å². The highest BCUT2D eigenvalue weighted by atomic mass is 32.1. The minimum absolute atomic E-state index is 0.0119. The smallest absolute Gasteiger partial charge is 0.309 e. The number of carbonyl (C=O) groups excluding carboxylic acids is 2.